The van der Waals surface area contributed by atoms with Crippen molar-refractivity contribution in [2.24, 2.45) is 5.41 Å². The Bertz CT molecular complexity index is 188. The maximum atomic E-state index is 9.50. The highest BCUT2D eigenvalue weighted by Crippen LogP contribution is 2.35. The van der Waals surface area contributed by atoms with Gasteiger partial charge < -0.3 is 15.2 Å². The fourth-order valence-electron chi connectivity index (χ4n) is 2.41. The van der Waals surface area contributed by atoms with Gasteiger partial charge in [-0.3, -0.25) is 0 Å². The summed E-state index contributed by atoms with van der Waals surface area (Å²) in [5.74, 6) is 0. The van der Waals surface area contributed by atoms with E-state index in [2.05, 4.69) is 11.9 Å². The largest absolute Gasteiger partial charge is 0.502 e. The van der Waals surface area contributed by atoms with Crippen molar-refractivity contribution in [3.8, 4) is 0 Å². The average Bonchev–Trinajstić information content (AvgIpc) is 2.35. The van der Waals surface area contributed by atoms with Gasteiger partial charge in [0.15, 0.2) is 0 Å². The summed E-state index contributed by atoms with van der Waals surface area (Å²) in [4.78, 5) is 0. The Kier molecular flexibility index (Phi) is 6.50. The lowest BCUT2D eigenvalue weighted by Crippen LogP contribution is -2.39. The molecule has 0 aromatic heterocycles. The topological polar surface area (TPSA) is 41.5 Å². The zero-order valence-corrected chi connectivity index (χ0v) is 10.2. The Hall–Kier alpha value is -0.540. The number of aliphatic hydroxyl groups is 1. The standard InChI is InChI=1S/C13H25NO2/c1-2-16-10-6-9-14-11-13(12-15)7-4-3-5-8-13/h2,14-15H,1,3-12H2. The number of nitrogens with one attached hydrogen (secondary N) is 1. The summed E-state index contributed by atoms with van der Waals surface area (Å²) in [6, 6.07) is 0. The summed E-state index contributed by atoms with van der Waals surface area (Å²) in [7, 11) is 0. The molecule has 94 valence electrons. The molecular formula is C13H25NO2. The zero-order chi connectivity index (χ0) is 11.7. The van der Waals surface area contributed by atoms with Gasteiger partial charge >= 0.3 is 0 Å². The summed E-state index contributed by atoms with van der Waals surface area (Å²) < 4.78 is 5.05. The minimum Gasteiger partial charge on any atom is -0.502 e. The average molecular weight is 227 g/mol. The lowest BCUT2D eigenvalue weighted by atomic mass is 9.74. The molecule has 0 saturated heterocycles. The molecule has 0 amide bonds. The van der Waals surface area contributed by atoms with E-state index < -0.39 is 0 Å². The van der Waals surface area contributed by atoms with Crippen LogP contribution in [0, 0.1) is 5.41 Å². The van der Waals surface area contributed by atoms with E-state index in [1.807, 2.05) is 0 Å². The number of rotatable bonds is 8. The monoisotopic (exact) mass is 227 g/mol. The van der Waals surface area contributed by atoms with Crippen LogP contribution in [0.2, 0.25) is 0 Å². The Morgan fingerprint density at radius 3 is 2.69 bits per heavy atom. The molecule has 0 radical (unpaired) electrons. The van der Waals surface area contributed by atoms with E-state index in [4.69, 9.17) is 4.74 Å². The Morgan fingerprint density at radius 1 is 1.31 bits per heavy atom. The van der Waals surface area contributed by atoms with Crippen LogP contribution in [0.25, 0.3) is 0 Å². The summed E-state index contributed by atoms with van der Waals surface area (Å²) in [5.41, 5.74) is 0.150. The van der Waals surface area contributed by atoms with Crippen molar-refractivity contribution in [3.63, 3.8) is 0 Å². The first-order valence-corrected chi connectivity index (χ1v) is 6.37. The summed E-state index contributed by atoms with van der Waals surface area (Å²) >= 11 is 0. The van der Waals surface area contributed by atoms with Crippen LogP contribution in [-0.2, 0) is 4.74 Å². The highest BCUT2D eigenvalue weighted by Gasteiger charge is 2.30. The molecule has 16 heavy (non-hydrogen) atoms. The Balaban J connectivity index is 2.11. The minimum absolute atomic E-state index is 0.150. The lowest BCUT2D eigenvalue weighted by molar-refractivity contribution is 0.0810. The predicted molar refractivity (Wildman–Crippen MR) is 66.2 cm³/mol. The van der Waals surface area contributed by atoms with Gasteiger partial charge in [-0.25, -0.2) is 0 Å². The summed E-state index contributed by atoms with van der Waals surface area (Å²) in [6.07, 6.45) is 8.67. The van der Waals surface area contributed by atoms with Crippen molar-refractivity contribution in [2.45, 2.75) is 38.5 Å². The van der Waals surface area contributed by atoms with Crippen LogP contribution in [0.3, 0.4) is 0 Å². The maximum Gasteiger partial charge on any atom is 0.0885 e. The molecule has 3 heteroatoms. The molecule has 1 fully saturated rings. The van der Waals surface area contributed by atoms with Crippen LogP contribution < -0.4 is 5.32 Å². The molecule has 1 aliphatic carbocycles. The fourth-order valence-corrected chi connectivity index (χ4v) is 2.41. The third-order valence-electron chi connectivity index (χ3n) is 3.48. The first kappa shape index (κ1) is 13.5. The van der Waals surface area contributed by atoms with Gasteiger partial charge in [0.2, 0.25) is 0 Å². The van der Waals surface area contributed by atoms with E-state index in [-0.39, 0.29) is 5.41 Å². The van der Waals surface area contributed by atoms with Gasteiger partial charge in [0, 0.05) is 18.6 Å². The van der Waals surface area contributed by atoms with Crippen LogP contribution in [0.5, 0.6) is 0 Å². The SMILES string of the molecule is C=COCCCNCC1(CO)CCCCC1. The Labute approximate surface area is 98.9 Å². The van der Waals surface area contributed by atoms with Gasteiger partial charge in [0.05, 0.1) is 12.9 Å². The molecule has 3 nitrogen and oxygen atoms in total. The smallest absolute Gasteiger partial charge is 0.0885 e. The molecule has 1 saturated carbocycles. The molecule has 0 atom stereocenters. The van der Waals surface area contributed by atoms with Gasteiger partial charge in [-0.2, -0.15) is 0 Å². The van der Waals surface area contributed by atoms with Crippen LogP contribution in [0.1, 0.15) is 38.5 Å². The van der Waals surface area contributed by atoms with E-state index in [1.165, 1.54) is 38.4 Å². The van der Waals surface area contributed by atoms with Crippen molar-refractivity contribution in [1.29, 1.82) is 0 Å². The van der Waals surface area contributed by atoms with Crippen LogP contribution in [0.15, 0.2) is 12.8 Å². The van der Waals surface area contributed by atoms with E-state index >= 15 is 0 Å². The lowest BCUT2D eigenvalue weighted by Gasteiger charge is -2.35. The van der Waals surface area contributed by atoms with Crippen molar-refractivity contribution < 1.29 is 9.84 Å². The van der Waals surface area contributed by atoms with Crippen LogP contribution >= 0.6 is 0 Å². The first-order chi connectivity index (χ1) is 7.83. The van der Waals surface area contributed by atoms with Gasteiger partial charge in [-0.1, -0.05) is 25.8 Å². The van der Waals surface area contributed by atoms with Gasteiger partial charge in [0.1, 0.15) is 0 Å². The molecule has 0 unspecified atom stereocenters. The van der Waals surface area contributed by atoms with E-state index in [0.29, 0.717) is 6.61 Å². The number of hydrogen-bond donors (Lipinski definition) is 2. The number of aliphatic hydroxyl groups excluding tert-OH is 1. The molecule has 1 aliphatic rings. The quantitative estimate of drug-likeness (QED) is 0.493. The second-order valence-electron chi connectivity index (χ2n) is 4.79. The molecule has 0 aromatic rings. The van der Waals surface area contributed by atoms with Gasteiger partial charge in [0.25, 0.3) is 0 Å². The molecule has 2 N–H and O–H groups in total. The predicted octanol–water partition coefficient (Wildman–Crippen LogP) is 2.07. The van der Waals surface area contributed by atoms with Crippen molar-refractivity contribution in [2.75, 3.05) is 26.3 Å². The van der Waals surface area contributed by atoms with Crippen molar-refractivity contribution in [3.05, 3.63) is 12.8 Å². The van der Waals surface area contributed by atoms with E-state index in [9.17, 15) is 5.11 Å². The van der Waals surface area contributed by atoms with E-state index in [0.717, 1.165) is 26.1 Å². The highest BCUT2D eigenvalue weighted by atomic mass is 16.5. The summed E-state index contributed by atoms with van der Waals surface area (Å²) in [6.45, 7) is 6.44. The number of hydrogen-bond acceptors (Lipinski definition) is 3. The third-order valence-corrected chi connectivity index (χ3v) is 3.48. The molecule has 0 heterocycles. The fraction of sp³-hybridized carbons (Fsp3) is 0.846. The minimum atomic E-state index is 0.150. The second kappa shape index (κ2) is 7.69. The third kappa shape index (κ3) is 4.54. The van der Waals surface area contributed by atoms with Gasteiger partial charge in [-0.05, 0) is 25.8 Å². The van der Waals surface area contributed by atoms with Crippen molar-refractivity contribution >= 4 is 0 Å². The second-order valence-corrected chi connectivity index (χ2v) is 4.79. The molecular weight excluding hydrogens is 202 g/mol. The molecule has 1 rings (SSSR count). The van der Waals surface area contributed by atoms with Gasteiger partial charge in [-0.15, -0.1) is 0 Å². The first-order valence-electron chi connectivity index (χ1n) is 6.37. The normalized spacial score (nSPS) is 19.3. The van der Waals surface area contributed by atoms with Crippen LogP contribution in [0.4, 0.5) is 0 Å². The van der Waals surface area contributed by atoms with Crippen LogP contribution in [-0.4, -0.2) is 31.4 Å². The van der Waals surface area contributed by atoms with Crippen molar-refractivity contribution in [1.82, 2.24) is 5.32 Å². The number of ether oxygens (including phenoxy) is 1. The Morgan fingerprint density at radius 2 is 2.06 bits per heavy atom. The zero-order valence-electron chi connectivity index (χ0n) is 10.2. The van der Waals surface area contributed by atoms with E-state index in [1.54, 1.807) is 0 Å². The maximum absolute atomic E-state index is 9.50. The highest BCUT2D eigenvalue weighted by molar-refractivity contribution is 4.84. The molecule has 0 spiro atoms. The molecule has 0 aromatic carbocycles. The molecule has 0 aliphatic heterocycles. The summed E-state index contributed by atoms with van der Waals surface area (Å²) in [5, 5.41) is 12.9. The molecule has 0 bridgehead atoms.